The number of nitrogens with zero attached hydrogens (tertiary/aromatic N) is 1. The van der Waals surface area contributed by atoms with Crippen molar-refractivity contribution in [1.29, 1.82) is 0 Å². The standard InChI is InChI=1S/C18H19NO/c1-4-19-17-8-6-5-7-16(17)13(2)18(19)14-9-11-15(20-3)12-10-14/h5-12H,4H2,1-3H3. The van der Waals surface area contributed by atoms with Gasteiger partial charge < -0.3 is 9.30 Å². The Balaban J connectivity index is 2.26. The Bertz CT molecular complexity index is 738. The van der Waals surface area contributed by atoms with E-state index in [2.05, 4.69) is 54.8 Å². The highest BCUT2D eigenvalue weighted by atomic mass is 16.5. The van der Waals surface area contributed by atoms with E-state index in [4.69, 9.17) is 4.74 Å². The highest BCUT2D eigenvalue weighted by Crippen LogP contribution is 2.33. The van der Waals surface area contributed by atoms with Crippen molar-refractivity contribution >= 4 is 10.9 Å². The van der Waals surface area contributed by atoms with E-state index in [-0.39, 0.29) is 0 Å². The highest BCUT2D eigenvalue weighted by molar-refractivity contribution is 5.91. The van der Waals surface area contributed by atoms with Crippen LogP contribution in [0.1, 0.15) is 12.5 Å². The Morgan fingerprint density at radius 1 is 1.00 bits per heavy atom. The summed E-state index contributed by atoms with van der Waals surface area (Å²) in [6.45, 7) is 5.36. The molecule has 3 aromatic rings. The molecule has 1 heterocycles. The molecule has 0 spiro atoms. The molecule has 102 valence electrons. The second-order valence-corrected chi connectivity index (χ2v) is 4.96. The Hall–Kier alpha value is -2.22. The molecule has 0 atom stereocenters. The molecule has 3 rings (SSSR count). The van der Waals surface area contributed by atoms with Crippen LogP contribution in [-0.4, -0.2) is 11.7 Å². The summed E-state index contributed by atoms with van der Waals surface area (Å²) in [6.07, 6.45) is 0. The highest BCUT2D eigenvalue weighted by Gasteiger charge is 2.14. The van der Waals surface area contributed by atoms with Crippen LogP contribution in [0.4, 0.5) is 0 Å². The third-order valence-electron chi connectivity index (χ3n) is 3.90. The molecule has 1 aromatic heterocycles. The van der Waals surface area contributed by atoms with E-state index in [1.807, 2.05) is 12.1 Å². The Kier molecular flexibility index (Phi) is 3.23. The summed E-state index contributed by atoms with van der Waals surface area (Å²) in [7, 11) is 1.70. The van der Waals surface area contributed by atoms with E-state index in [9.17, 15) is 0 Å². The molecule has 0 aliphatic carbocycles. The number of benzene rings is 2. The van der Waals surface area contributed by atoms with E-state index < -0.39 is 0 Å². The fourth-order valence-electron chi connectivity index (χ4n) is 2.93. The number of para-hydroxylation sites is 1. The lowest BCUT2D eigenvalue weighted by atomic mass is 10.1. The zero-order valence-electron chi connectivity index (χ0n) is 12.2. The summed E-state index contributed by atoms with van der Waals surface area (Å²) in [5, 5.41) is 1.33. The molecule has 0 unspecified atom stereocenters. The SMILES string of the molecule is CCn1c(-c2ccc(OC)cc2)c(C)c2ccccc21. The molecule has 0 aliphatic heterocycles. The molecule has 0 N–H and O–H groups in total. The summed E-state index contributed by atoms with van der Waals surface area (Å²) in [5.41, 5.74) is 5.18. The molecule has 20 heavy (non-hydrogen) atoms. The van der Waals surface area contributed by atoms with Crippen LogP contribution in [0.3, 0.4) is 0 Å². The zero-order valence-corrected chi connectivity index (χ0v) is 12.2. The summed E-state index contributed by atoms with van der Waals surface area (Å²) >= 11 is 0. The monoisotopic (exact) mass is 265 g/mol. The number of fused-ring (bicyclic) bond motifs is 1. The van der Waals surface area contributed by atoms with Crippen molar-refractivity contribution in [1.82, 2.24) is 4.57 Å². The lowest BCUT2D eigenvalue weighted by Crippen LogP contribution is -1.97. The van der Waals surface area contributed by atoms with Gasteiger partial charge in [0.25, 0.3) is 0 Å². The van der Waals surface area contributed by atoms with E-state index in [1.54, 1.807) is 7.11 Å². The average Bonchev–Trinajstić information content (AvgIpc) is 2.80. The van der Waals surface area contributed by atoms with Gasteiger partial charge in [0, 0.05) is 17.4 Å². The van der Waals surface area contributed by atoms with Crippen molar-refractivity contribution < 1.29 is 4.74 Å². The summed E-state index contributed by atoms with van der Waals surface area (Å²) in [6, 6.07) is 16.9. The normalized spacial score (nSPS) is 10.9. The maximum atomic E-state index is 5.24. The van der Waals surface area contributed by atoms with Crippen LogP contribution in [-0.2, 0) is 6.54 Å². The van der Waals surface area contributed by atoms with Gasteiger partial charge in [0.2, 0.25) is 0 Å². The number of hydrogen-bond donors (Lipinski definition) is 0. The van der Waals surface area contributed by atoms with Gasteiger partial charge in [-0.2, -0.15) is 0 Å². The van der Waals surface area contributed by atoms with Crippen molar-refractivity contribution in [2.75, 3.05) is 7.11 Å². The van der Waals surface area contributed by atoms with Crippen LogP contribution in [0, 0.1) is 6.92 Å². The molecule has 0 fully saturated rings. The molecule has 2 nitrogen and oxygen atoms in total. The van der Waals surface area contributed by atoms with Gasteiger partial charge in [0.1, 0.15) is 5.75 Å². The first-order valence-electron chi connectivity index (χ1n) is 6.98. The first-order chi connectivity index (χ1) is 9.76. The van der Waals surface area contributed by atoms with Crippen molar-refractivity contribution in [3.8, 4) is 17.0 Å². The lowest BCUT2D eigenvalue weighted by Gasteiger charge is -2.10. The van der Waals surface area contributed by atoms with Gasteiger partial charge in [-0.25, -0.2) is 0 Å². The Labute approximate surface area is 119 Å². The number of hydrogen-bond acceptors (Lipinski definition) is 1. The van der Waals surface area contributed by atoms with E-state index in [0.717, 1.165) is 12.3 Å². The molecule has 0 saturated carbocycles. The molecule has 0 bridgehead atoms. The van der Waals surface area contributed by atoms with Crippen LogP contribution in [0.25, 0.3) is 22.2 Å². The van der Waals surface area contributed by atoms with E-state index in [0.29, 0.717) is 0 Å². The smallest absolute Gasteiger partial charge is 0.118 e. The van der Waals surface area contributed by atoms with Crippen LogP contribution in [0.5, 0.6) is 5.75 Å². The fraction of sp³-hybridized carbons (Fsp3) is 0.222. The molecule has 0 saturated heterocycles. The summed E-state index contributed by atoms with van der Waals surface area (Å²) in [4.78, 5) is 0. The van der Waals surface area contributed by atoms with Crippen molar-refractivity contribution in [2.45, 2.75) is 20.4 Å². The number of methoxy groups -OCH3 is 1. The molecule has 2 aromatic carbocycles. The zero-order chi connectivity index (χ0) is 14.1. The third kappa shape index (κ3) is 1.88. The maximum Gasteiger partial charge on any atom is 0.118 e. The maximum absolute atomic E-state index is 5.24. The minimum Gasteiger partial charge on any atom is -0.497 e. The molecular weight excluding hydrogens is 246 g/mol. The summed E-state index contributed by atoms with van der Waals surface area (Å²) < 4.78 is 7.63. The largest absolute Gasteiger partial charge is 0.497 e. The molecule has 0 radical (unpaired) electrons. The number of ether oxygens (including phenoxy) is 1. The molecule has 2 heteroatoms. The van der Waals surface area contributed by atoms with Gasteiger partial charge in [-0.15, -0.1) is 0 Å². The topological polar surface area (TPSA) is 14.2 Å². The molecule has 0 aliphatic rings. The van der Waals surface area contributed by atoms with Gasteiger partial charge in [0.05, 0.1) is 12.8 Å². The van der Waals surface area contributed by atoms with Gasteiger partial charge >= 0.3 is 0 Å². The average molecular weight is 265 g/mol. The van der Waals surface area contributed by atoms with E-state index in [1.165, 1.54) is 27.7 Å². The second kappa shape index (κ2) is 5.04. The first kappa shape index (κ1) is 12.8. The lowest BCUT2D eigenvalue weighted by molar-refractivity contribution is 0.415. The van der Waals surface area contributed by atoms with Crippen LogP contribution < -0.4 is 4.74 Å². The van der Waals surface area contributed by atoms with Gasteiger partial charge in [-0.3, -0.25) is 0 Å². The van der Waals surface area contributed by atoms with Crippen LogP contribution >= 0.6 is 0 Å². The first-order valence-corrected chi connectivity index (χ1v) is 6.98. The van der Waals surface area contributed by atoms with Gasteiger partial charge in [0.15, 0.2) is 0 Å². The molecule has 0 amide bonds. The predicted octanol–water partition coefficient (Wildman–Crippen LogP) is 4.65. The van der Waals surface area contributed by atoms with Crippen molar-refractivity contribution in [2.24, 2.45) is 0 Å². The predicted molar refractivity (Wildman–Crippen MR) is 84.3 cm³/mol. The van der Waals surface area contributed by atoms with Crippen molar-refractivity contribution in [3.63, 3.8) is 0 Å². The fourth-order valence-corrected chi connectivity index (χ4v) is 2.93. The number of aryl methyl sites for hydroxylation is 2. The van der Waals surface area contributed by atoms with Gasteiger partial charge in [-0.05, 0) is 55.3 Å². The third-order valence-corrected chi connectivity index (χ3v) is 3.90. The number of rotatable bonds is 3. The van der Waals surface area contributed by atoms with Crippen molar-refractivity contribution in [3.05, 3.63) is 54.1 Å². The van der Waals surface area contributed by atoms with E-state index >= 15 is 0 Å². The summed E-state index contributed by atoms with van der Waals surface area (Å²) in [5.74, 6) is 0.894. The molecular formula is C18H19NO. The second-order valence-electron chi connectivity index (χ2n) is 4.96. The Morgan fingerprint density at radius 3 is 2.35 bits per heavy atom. The van der Waals surface area contributed by atoms with Crippen LogP contribution in [0.15, 0.2) is 48.5 Å². The van der Waals surface area contributed by atoms with Crippen LogP contribution in [0.2, 0.25) is 0 Å². The minimum absolute atomic E-state index is 0.894. The Morgan fingerprint density at radius 2 is 1.70 bits per heavy atom. The van der Waals surface area contributed by atoms with Gasteiger partial charge in [-0.1, -0.05) is 18.2 Å². The minimum atomic E-state index is 0.894. The quantitative estimate of drug-likeness (QED) is 0.672. The number of aromatic nitrogens is 1.